The predicted octanol–water partition coefficient (Wildman–Crippen LogP) is 2.35. The Morgan fingerprint density at radius 2 is 1.96 bits per heavy atom. The first kappa shape index (κ1) is 17.4. The van der Waals surface area contributed by atoms with Crippen LogP contribution in [0.1, 0.15) is 38.7 Å². The molecular weight excluding hydrogens is 302 g/mol. The number of halogens is 2. The second-order valence-corrected chi connectivity index (χ2v) is 6.55. The van der Waals surface area contributed by atoms with Gasteiger partial charge in [0.1, 0.15) is 0 Å². The third-order valence-corrected chi connectivity index (χ3v) is 4.16. The SMILES string of the molecule is CCNC(=O)C(C)(C)CNC(=O)[C@H]1C[C@@H]1c1cccc(F)c1F. The summed E-state index contributed by atoms with van der Waals surface area (Å²) in [5.74, 6) is -2.80. The lowest BCUT2D eigenvalue weighted by atomic mass is 9.92. The summed E-state index contributed by atoms with van der Waals surface area (Å²) < 4.78 is 27.0. The number of benzene rings is 1. The van der Waals surface area contributed by atoms with Crippen molar-refractivity contribution >= 4 is 11.8 Å². The smallest absolute Gasteiger partial charge is 0.227 e. The fraction of sp³-hybridized carbons (Fsp3) is 0.529. The summed E-state index contributed by atoms with van der Waals surface area (Å²) in [7, 11) is 0. The highest BCUT2D eigenvalue weighted by atomic mass is 19.2. The van der Waals surface area contributed by atoms with Crippen LogP contribution >= 0.6 is 0 Å². The van der Waals surface area contributed by atoms with E-state index in [-0.39, 0.29) is 35.8 Å². The van der Waals surface area contributed by atoms with E-state index in [4.69, 9.17) is 0 Å². The van der Waals surface area contributed by atoms with Crippen molar-refractivity contribution in [1.82, 2.24) is 10.6 Å². The number of hydrogen-bond donors (Lipinski definition) is 2. The van der Waals surface area contributed by atoms with Gasteiger partial charge in [-0.3, -0.25) is 9.59 Å². The Hall–Kier alpha value is -1.98. The van der Waals surface area contributed by atoms with Gasteiger partial charge in [-0.1, -0.05) is 12.1 Å². The highest BCUT2D eigenvalue weighted by Gasteiger charge is 2.46. The second kappa shape index (κ2) is 6.64. The van der Waals surface area contributed by atoms with E-state index in [1.54, 1.807) is 13.8 Å². The van der Waals surface area contributed by atoms with Crippen molar-refractivity contribution in [1.29, 1.82) is 0 Å². The van der Waals surface area contributed by atoms with Gasteiger partial charge in [0.05, 0.1) is 5.41 Å². The first-order valence-corrected chi connectivity index (χ1v) is 7.78. The molecule has 0 aliphatic heterocycles. The van der Waals surface area contributed by atoms with Gasteiger partial charge in [-0.15, -0.1) is 0 Å². The van der Waals surface area contributed by atoms with Crippen molar-refractivity contribution in [2.75, 3.05) is 13.1 Å². The minimum Gasteiger partial charge on any atom is -0.356 e. The molecule has 0 heterocycles. The van der Waals surface area contributed by atoms with Gasteiger partial charge >= 0.3 is 0 Å². The number of amides is 2. The molecule has 1 aliphatic carbocycles. The summed E-state index contributed by atoms with van der Waals surface area (Å²) in [6.45, 7) is 6.05. The summed E-state index contributed by atoms with van der Waals surface area (Å²) in [6.07, 6.45) is 0.494. The van der Waals surface area contributed by atoms with Crippen molar-refractivity contribution in [3.63, 3.8) is 0 Å². The normalized spacial score (nSPS) is 20.0. The van der Waals surface area contributed by atoms with Gasteiger partial charge < -0.3 is 10.6 Å². The Bertz CT molecular complexity index is 617. The Morgan fingerprint density at radius 3 is 2.61 bits per heavy atom. The standard InChI is InChI=1S/C17H22F2N2O2/c1-4-20-16(23)17(2,3)9-21-15(22)12-8-11(12)10-6-5-7-13(18)14(10)19/h5-7,11-12H,4,8-9H2,1-3H3,(H,20,23)(H,21,22)/t11-,12+/m1/s1. The lowest BCUT2D eigenvalue weighted by molar-refractivity contribution is -0.130. The van der Waals surface area contributed by atoms with Crippen LogP contribution in [-0.4, -0.2) is 24.9 Å². The summed E-state index contributed by atoms with van der Waals surface area (Å²) in [5.41, 5.74) is -0.478. The lowest BCUT2D eigenvalue weighted by Gasteiger charge is -2.23. The van der Waals surface area contributed by atoms with Crippen LogP contribution in [0, 0.1) is 23.0 Å². The highest BCUT2D eigenvalue weighted by Crippen LogP contribution is 2.48. The molecule has 0 spiro atoms. The van der Waals surface area contributed by atoms with E-state index in [1.165, 1.54) is 12.1 Å². The van der Waals surface area contributed by atoms with Crippen LogP contribution in [0.2, 0.25) is 0 Å². The molecule has 4 nitrogen and oxygen atoms in total. The quantitative estimate of drug-likeness (QED) is 0.844. The van der Waals surface area contributed by atoms with Gasteiger partial charge in [0, 0.05) is 19.0 Å². The largest absolute Gasteiger partial charge is 0.356 e. The topological polar surface area (TPSA) is 58.2 Å². The van der Waals surface area contributed by atoms with Gasteiger partial charge in [-0.05, 0) is 44.7 Å². The number of carbonyl (C=O) groups is 2. The van der Waals surface area contributed by atoms with E-state index < -0.39 is 17.0 Å². The average Bonchev–Trinajstić information content (AvgIpc) is 3.28. The molecule has 1 aliphatic rings. The lowest BCUT2D eigenvalue weighted by Crippen LogP contribution is -2.45. The molecule has 6 heteroatoms. The molecule has 2 amide bonds. The monoisotopic (exact) mass is 324 g/mol. The van der Waals surface area contributed by atoms with Crippen molar-refractivity contribution in [2.45, 2.75) is 33.1 Å². The van der Waals surface area contributed by atoms with E-state index in [1.807, 2.05) is 6.92 Å². The zero-order valence-electron chi connectivity index (χ0n) is 13.6. The Labute approximate surface area is 134 Å². The Kier molecular flexibility index (Phi) is 5.02. The molecule has 0 radical (unpaired) electrons. The molecule has 1 aromatic rings. The average molecular weight is 324 g/mol. The fourth-order valence-corrected chi connectivity index (χ4v) is 2.55. The fourth-order valence-electron chi connectivity index (χ4n) is 2.55. The van der Waals surface area contributed by atoms with Crippen molar-refractivity contribution in [2.24, 2.45) is 11.3 Å². The molecule has 0 saturated heterocycles. The minimum atomic E-state index is -0.897. The molecule has 0 aromatic heterocycles. The summed E-state index contributed by atoms with van der Waals surface area (Å²) >= 11 is 0. The van der Waals surface area contributed by atoms with Crippen molar-refractivity contribution < 1.29 is 18.4 Å². The Morgan fingerprint density at radius 1 is 1.26 bits per heavy atom. The molecule has 1 saturated carbocycles. The van der Waals surface area contributed by atoms with Crippen LogP contribution < -0.4 is 10.6 Å². The number of nitrogens with one attached hydrogen (secondary N) is 2. The molecule has 2 atom stereocenters. The molecule has 0 bridgehead atoms. The molecular formula is C17H22F2N2O2. The highest BCUT2D eigenvalue weighted by molar-refractivity contribution is 5.85. The Balaban J connectivity index is 1.91. The first-order chi connectivity index (χ1) is 10.8. The summed E-state index contributed by atoms with van der Waals surface area (Å²) in [6, 6.07) is 4.01. The van der Waals surface area contributed by atoms with Crippen LogP contribution in [-0.2, 0) is 9.59 Å². The third kappa shape index (κ3) is 3.86. The molecule has 0 unspecified atom stereocenters. The van der Waals surface area contributed by atoms with E-state index in [0.717, 1.165) is 6.07 Å². The predicted molar refractivity (Wildman–Crippen MR) is 82.7 cm³/mol. The van der Waals surface area contributed by atoms with Gasteiger partial charge in [-0.25, -0.2) is 8.78 Å². The van der Waals surface area contributed by atoms with E-state index in [9.17, 15) is 18.4 Å². The van der Waals surface area contributed by atoms with Gasteiger partial charge in [0.25, 0.3) is 0 Å². The molecule has 23 heavy (non-hydrogen) atoms. The van der Waals surface area contributed by atoms with Gasteiger partial charge in [-0.2, -0.15) is 0 Å². The molecule has 2 rings (SSSR count). The maximum absolute atomic E-state index is 13.7. The van der Waals surface area contributed by atoms with Crippen LogP contribution in [0.25, 0.3) is 0 Å². The van der Waals surface area contributed by atoms with Crippen LogP contribution in [0.5, 0.6) is 0 Å². The third-order valence-electron chi connectivity index (χ3n) is 4.16. The van der Waals surface area contributed by atoms with Crippen LogP contribution in [0.15, 0.2) is 18.2 Å². The molecule has 1 aromatic carbocycles. The van der Waals surface area contributed by atoms with Crippen LogP contribution in [0.3, 0.4) is 0 Å². The zero-order valence-corrected chi connectivity index (χ0v) is 13.6. The van der Waals surface area contributed by atoms with E-state index >= 15 is 0 Å². The molecule has 1 fully saturated rings. The number of rotatable bonds is 6. The zero-order chi connectivity index (χ0) is 17.2. The number of hydrogen-bond acceptors (Lipinski definition) is 2. The van der Waals surface area contributed by atoms with Crippen LogP contribution in [0.4, 0.5) is 8.78 Å². The maximum atomic E-state index is 13.7. The van der Waals surface area contributed by atoms with Gasteiger partial charge in [0.15, 0.2) is 11.6 Å². The second-order valence-electron chi connectivity index (χ2n) is 6.55. The number of carbonyl (C=O) groups excluding carboxylic acids is 2. The summed E-state index contributed by atoms with van der Waals surface area (Å²) in [5, 5.41) is 5.46. The minimum absolute atomic E-state index is 0.135. The van der Waals surface area contributed by atoms with Crippen molar-refractivity contribution in [3.05, 3.63) is 35.4 Å². The van der Waals surface area contributed by atoms with Crippen molar-refractivity contribution in [3.8, 4) is 0 Å². The summed E-state index contributed by atoms with van der Waals surface area (Å²) in [4.78, 5) is 24.0. The molecule has 2 N–H and O–H groups in total. The van der Waals surface area contributed by atoms with Gasteiger partial charge in [0.2, 0.25) is 11.8 Å². The molecule has 126 valence electrons. The van der Waals surface area contributed by atoms with E-state index in [2.05, 4.69) is 10.6 Å². The first-order valence-electron chi connectivity index (χ1n) is 7.78. The maximum Gasteiger partial charge on any atom is 0.227 e. The van der Waals surface area contributed by atoms with E-state index in [0.29, 0.717) is 13.0 Å².